The van der Waals surface area contributed by atoms with Crippen molar-refractivity contribution in [2.75, 3.05) is 20.1 Å². The van der Waals surface area contributed by atoms with Gasteiger partial charge in [0.25, 0.3) is 0 Å². The molecule has 90 valence electrons. The molecule has 6 nitrogen and oxygen atoms in total. The fraction of sp³-hybridized carbons (Fsp3) is 0.364. The van der Waals surface area contributed by atoms with Gasteiger partial charge in [0.05, 0.1) is 17.8 Å². The van der Waals surface area contributed by atoms with Crippen molar-refractivity contribution in [2.24, 2.45) is 0 Å². The van der Waals surface area contributed by atoms with Crippen molar-refractivity contribution in [1.29, 1.82) is 0 Å². The molecule has 0 aliphatic carbocycles. The number of likely N-dealkylation sites (N-methyl/N-ethyl adjacent to an activating group) is 1. The minimum atomic E-state index is -0.999. The molecular formula is C11H13N3O3. The molecule has 17 heavy (non-hydrogen) atoms. The largest absolute Gasteiger partial charge is 0.478 e. The van der Waals surface area contributed by atoms with E-state index < -0.39 is 5.97 Å². The van der Waals surface area contributed by atoms with E-state index in [-0.39, 0.29) is 11.6 Å². The maximum absolute atomic E-state index is 11.6. The van der Waals surface area contributed by atoms with E-state index in [4.69, 9.17) is 5.11 Å². The molecule has 1 aromatic rings. The molecule has 0 saturated carbocycles. The number of nitrogens with zero attached hydrogens (tertiary/aromatic N) is 3. The number of hydrogen-bond donors (Lipinski definition) is 1. The third kappa shape index (κ3) is 2.35. The van der Waals surface area contributed by atoms with Gasteiger partial charge in [0.15, 0.2) is 0 Å². The van der Waals surface area contributed by atoms with Crippen molar-refractivity contribution in [3.63, 3.8) is 0 Å². The molecule has 1 aliphatic heterocycles. The zero-order valence-electron chi connectivity index (χ0n) is 9.46. The van der Waals surface area contributed by atoms with E-state index in [1.54, 1.807) is 22.9 Å². The van der Waals surface area contributed by atoms with Crippen molar-refractivity contribution >= 4 is 12.0 Å². The Balaban J connectivity index is 2.04. The van der Waals surface area contributed by atoms with E-state index in [0.717, 1.165) is 0 Å². The van der Waals surface area contributed by atoms with Crippen LogP contribution < -0.4 is 0 Å². The molecule has 1 saturated heterocycles. The first-order valence-electron chi connectivity index (χ1n) is 5.26. The summed E-state index contributed by atoms with van der Waals surface area (Å²) in [6, 6.07) is 3.11. The second-order valence-corrected chi connectivity index (χ2v) is 3.97. The molecule has 1 N–H and O–H groups in total. The maximum Gasteiger partial charge on any atom is 0.337 e. The SMILES string of the molecule is CN1CCN(Cc2ccc(C(=O)O)cn2)C1=O. The van der Waals surface area contributed by atoms with Gasteiger partial charge in [0.2, 0.25) is 0 Å². The van der Waals surface area contributed by atoms with Gasteiger partial charge in [-0.1, -0.05) is 0 Å². The quantitative estimate of drug-likeness (QED) is 0.834. The number of amides is 2. The Morgan fingerprint density at radius 1 is 1.47 bits per heavy atom. The average Bonchev–Trinajstić information content (AvgIpc) is 2.62. The Labute approximate surface area is 98.5 Å². The van der Waals surface area contributed by atoms with Crippen LogP contribution in [-0.4, -0.2) is 52.0 Å². The van der Waals surface area contributed by atoms with Crippen molar-refractivity contribution in [1.82, 2.24) is 14.8 Å². The lowest BCUT2D eigenvalue weighted by Gasteiger charge is -2.15. The zero-order chi connectivity index (χ0) is 12.4. The van der Waals surface area contributed by atoms with Crippen LogP contribution in [0, 0.1) is 0 Å². The zero-order valence-corrected chi connectivity index (χ0v) is 9.46. The van der Waals surface area contributed by atoms with E-state index in [9.17, 15) is 9.59 Å². The van der Waals surface area contributed by atoms with Crippen LogP contribution in [0.15, 0.2) is 18.3 Å². The number of urea groups is 1. The van der Waals surface area contributed by atoms with Gasteiger partial charge in [-0.25, -0.2) is 9.59 Å². The third-order valence-electron chi connectivity index (χ3n) is 2.73. The van der Waals surface area contributed by atoms with Gasteiger partial charge in [-0.05, 0) is 12.1 Å². The van der Waals surface area contributed by atoms with E-state index in [2.05, 4.69) is 4.98 Å². The highest BCUT2D eigenvalue weighted by atomic mass is 16.4. The van der Waals surface area contributed by atoms with Crippen molar-refractivity contribution < 1.29 is 14.7 Å². The Hall–Kier alpha value is -2.11. The Bertz CT molecular complexity index is 444. The van der Waals surface area contributed by atoms with E-state index in [1.165, 1.54) is 12.3 Å². The maximum atomic E-state index is 11.6. The molecule has 1 aliphatic rings. The minimum absolute atomic E-state index is 0.0193. The standard InChI is InChI=1S/C11H13N3O3/c1-13-4-5-14(11(13)17)7-9-3-2-8(6-12-9)10(15)16/h2-3,6H,4-5,7H2,1H3,(H,15,16). The average molecular weight is 235 g/mol. The monoisotopic (exact) mass is 235 g/mol. The van der Waals surface area contributed by atoms with Crippen LogP contribution in [0.25, 0.3) is 0 Å². The summed E-state index contributed by atoms with van der Waals surface area (Å²) in [6.45, 7) is 1.81. The third-order valence-corrected chi connectivity index (χ3v) is 2.73. The summed E-state index contributed by atoms with van der Waals surface area (Å²) >= 11 is 0. The molecule has 2 heterocycles. The molecule has 0 bridgehead atoms. The minimum Gasteiger partial charge on any atom is -0.478 e. The fourth-order valence-electron chi connectivity index (χ4n) is 1.69. The van der Waals surface area contributed by atoms with Crippen LogP contribution in [0.4, 0.5) is 4.79 Å². The number of aromatic nitrogens is 1. The highest BCUT2D eigenvalue weighted by Gasteiger charge is 2.25. The Kier molecular flexibility index (Phi) is 2.95. The number of carboxylic acids is 1. The number of hydrogen-bond acceptors (Lipinski definition) is 3. The van der Waals surface area contributed by atoms with Crippen LogP contribution in [0.3, 0.4) is 0 Å². The van der Waals surface area contributed by atoms with Crippen molar-refractivity contribution in [2.45, 2.75) is 6.54 Å². The van der Waals surface area contributed by atoms with Gasteiger partial charge >= 0.3 is 12.0 Å². The predicted molar refractivity (Wildman–Crippen MR) is 59.6 cm³/mol. The van der Waals surface area contributed by atoms with Crippen molar-refractivity contribution in [3.05, 3.63) is 29.6 Å². The molecule has 0 radical (unpaired) electrons. The first-order chi connectivity index (χ1) is 8.08. The van der Waals surface area contributed by atoms with E-state index in [0.29, 0.717) is 25.3 Å². The lowest BCUT2D eigenvalue weighted by Crippen LogP contribution is -2.29. The molecule has 0 atom stereocenters. The predicted octanol–water partition coefficient (Wildman–Crippen LogP) is 0.647. The molecule has 1 aromatic heterocycles. The highest BCUT2D eigenvalue weighted by molar-refractivity contribution is 5.87. The molecule has 0 unspecified atom stereocenters. The molecule has 0 spiro atoms. The summed E-state index contributed by atoms with van der Waals surface area (Å²) in [6.07, 6.45) is 1.31. The smallest absolute Gasteiger partial charge is 0.337 e. The lowest BCUT2D eigenvalue weighted by atomic mass is 10.2. The first-order valence-corrected chi connectivity index (χ1v) is 5.26. The second kappa shape index (κ2) is 4.40. The normalized spacial score (nSPS) is 15.5. The molecule has 0 aromatic carbocycles. The molecular weight excluding hydrogens is 222 g/mol. The highest BCUT2D eigenvalue weighted by Crippen LogP contribution is 2.10. The van der Waals surface area contributed by atoms with Gasteiger partial charge < -0.3 is 14.9 Å². The topological polar surface area (TPSA) is 73.7 Å². The summed E-state index contributed by atoms with van der Waals surface area (Å²) in [5, 5.41) is 8.73. The number of carbonyl (C=O) groups is 2. The summed E-state index contributed by atoms with van der Waals surface area (Å²) in [7, 11) is 1.75. The van der Waals surface area contributed by atoms with Gasteiger partial charge in [0, 0.05) is 26.3 Å². The van der Waals surface area contributed by atoms with Crippen molar-refractivity contribution in [3.8, 4) is 0 Å². The van der Waals surface area contributed by atoms with Crippen LogP contribution >= 0.6 is 0 Å². The molecule has 1 fully saturated rings. The number of carboxylic acid groups (broad SMARTS) is 1. The van der Waals surface area contributed by atoms with Crippen LogP contribution in [-0.2, 0) is 6.54 Å². The summed E-state index contributed by atoms with van der Waals surface area (Å²) in [4.78, 5) is 29.6. The molecule has 2 rings (SSSR count). The Morgan fingerprint density at radius 2 is 2.24 bits per heavy atom. The number of rotatable bonds is 3. The number of aromatic carboxylic acids is 1. The van der Waals surface area contributed by atoms with Gasteiger partial charge in [-0.3, -0.25) is 4.98 Å². The van der Waals surface area contributed by atoms with Crippen LogP contribution in [0.2, 0.25) is 0 Å². The first kappa shape index (κ1) is 11.4. The van der Waals surface area contributed by atoms with Crippen LogP contribution in [0.5, 0.6) is 0 Å². The molecule has 6 heteroatoms. The fourth-order valence-corrected chi connectivity index (χ4v) is 1.69. The van der Waals surface area contributed by atoms with E-state index in [1.807, 2.05) is 0 Å². The number of carbonyl (C=O) groups excluding carboxylic acids is 1. The van der Waals surface area contributed by atoms with Gasteiger partial charge in [-0.2, -0.15) is 0 Å². The van der Waals surface area contributed by atoms with Gasteiger partial charge in [0.1, 0.15) is 0 Å². The summed E-state index contributed by atoms with van der Waals surface area (Å²) in [5.74, 6) is -0.999. The number of pyridine rings is 1. The second-order valence-electron chi connectivity index (χ2n) is 3.97. The summed E-state index contributed by atoms with van der Waals surface area (Å²) in [5.41, 5.74) is 0.845. The molecule has 2 amide bonds. The van der Waals surface area contributed by atoms with Crippen LogP contribution in [0.1, 0.15) is 16.1 Å². The Morgan fingerprint density at radius 3 is 2.71 bits per heavy atom. The summed E-state index contributed by atoms with van der Waals surface area (Å²) < 4.78 is 0. The van der Waals surface area contributed by atoms with Gasteiger partial charge in [-0.15, -0.1) is 0 Å². The lowest BCUT2D eigenvalue weighted by molar-refractivity contribution is 0.0696. The van der Waals surface area contributed by atoms with E-state index >= 15 is 0 Å².